The number of aromatic nitrogens is 1. The van der Waals surface area contributed by atoms with Crippen LogP contribution in [0.2, 0.25) is 0 Å². The Morgan fingerprint density at radius 1 is 1.07 bits per heavy atom. The second-order valence-corrected chi connectivity index (χ2v) is 12.8. The molecule has 40 heavy (non-hydrogen) atoms. The quantitative estimate of drug-likeness (QED) is 0.292. The molecule has 0 bridgehead atoms. The number of nitrogens with one attached hydrogen (secondary N) is 1. The molecule has 2 aromatic rings. The highest BCUT2D eigenvalue weighted by atomic mass is 79.9. The number of rotatable bonds is 10. The summed E-state index contributed by atoms with van der Waals surface area (Å²) in [6.07, 6.45) is 1.34. The lowest BCUT2D eigenvalue weighted by molar-refractivity contribution is -0.155. The Bertz CT molecular complexity index is 1180. The summed E-state index contributed by atoms with van der Waals surface area (Å²) in [4.78, 5) is 59.2. The first kappa shape index (κ1) is 31.5. The topological polar surface area (TPSA) is 118 Å². The molecule has 12 heteroatoms. The van der Waals surface area contributed by atoms with Crippen molar-refractivity contribution in [1.82, 2.24) is 20.1 Å². The van der Waals surface area contributed by atoms with Crippen LogP contribution in [0.5, 0.6) is 0 Å². The highest BCUT2D eigenvalue weighted by Crippen LogP contribution is 2.32. The Labute approximate surface area is 247 Å². The average Bonchev–Trinajstić information content (AvgIpc) is 3.32. The number of hydrogen-bond donors (Lipinski definition) is 1. The fourth-order valence-corrected chi connectivity index (χ4v) is 5.53. The highest BCUT2D eigenvalue weighted by molar-refractivity contribution is 9.11. The number of piperazine rings is 1. The average molecular weight is 638 g/mol. The van der Waals surface area contributed by atoms with Gasteiger partial charge in [-0.15, -0.1) is 11.3 Å². The third-order valence-electron chi connectivity index (χ3n) is 6.06. The minimum Gasteiger partial charge on any atom is -0.460 e. The molecule has 10 nitrogen and oxygen atoms in total. The zero-order valence-electron chi connectivity index (χ0n) is 23.4. The van der Waals surface area contributed by atoms with Gasteiger partial charge in [-0.05, 0) is 49.5 Å². The number of nitrogens with zero attached hydrogens (tertiary/aromatic N) is 3. The van der Waals surface area contributed by atoms with Crippen molar-refractivity contribution >= 4 is 51.1 Å². The van der Waals surface area contributed by atoms with E-state index in [1.54, 1.807) is 30.6 Å². The van der Waals surface area contributed by atoms with Crippen molar-refractivity contribution in [2.75, 3.05) is 32.8 Å². The number of amides is 3. The molecule has 0 radical (unpaired) electrons. The van der Waals surface area contributed by atoms with Crippen molar-refractivity contribution in [3.8, 4) is 10.6 Å². The third kappa shape index (κ3) is 9.29. The minimum absolute atomic E-state index is 0.0504. The number of carbonyl (C=O) groups excluding carboxylic acids is 4. The zero-order chi connectivity index (χ0) is 29.3. The number of thiazole rings is 1. The second kappa shape index (κ2) is 14.6. The summed E-state index contributed by atoms with van der Waals surface area (Å²) in [5.41, 5.74) is 0.371. The lowest BCUT2D eigenvalue weighted by Gasteiger charge is -2.36. The van der Waals surface area contributed by atoms with Gasteiger partial charge in [-0.25, -0.2) is 9.78 Å². The molecule has 218 valence electrons. The number of benzene rings is 1. The molecule has 0 aliphatic carbocycles. The summed E-state index contributed by atoms with van der Waals surface area (Å²) in [7, 11) is 0. The molecular formula is C28H37BrN4O6S. The van der Waals surface area contributed by atoms with Crippen LogP contribution in [0.4, 0.5) is 4.79 Å². The Kier molecular flexibility index (Phi) is 11.5. The molecule has 3 rings (SSSR count). The fraction of sp³-hybridized carbons (Fsp3) is 0.536. The molecule has 0 unspecified atom stereocenters. The van der Waals surface area contributed by atoms with Crippen LogP contribution >= 0.6 is 27.3 Å². The van der Waals surface area contributed by atoms with Gasteiger partial charge in [0.1, 0.15) is 20.4 Å². The standard InChI is InChI=1S/C28H37BrN4O6S/c1-5-6-18-38-27(37)33-16-14-32(15-17-33)26(36)20(12-13-21(34)39-28(2,3)4)30-24(35)22-23(29)40-25(31-22)19-10-8-7-9-11-19/h7-11,20H,5-6,12-18H2,1-4H3,(H,30,35)/t20-/m0/s1. The Hall–Kier alpha value is -2.99. The predicted molar refractivity (Wildman–Crippen MR) is 156 cm³/mol. The maximum Gasteiger partial charge on any atom is 0.409 e. The first-order valence-electron chi connectivity index (χ1n) is 13.4. The van der Waals surface area contributed by atoms with E-state index < -0.39 is 29.6 Å². The van der Waals surface area contributed by atoms with Gasteiger partial charge in [-0.3, -0.25) is 14.4 Å². The summed E-state index contributed by atoms with van der Waals surface area (Å²) >= 11 is 4.75. The van der Waals surface area contributed by atoms with Gasteiger partial charge >= 0.3 is 12.1 Å². The van der Waals surface area contributed by atoms with Gasteiger partial charge in [0.25, 0.3) is 5.91 Å². The van der Waals surface area contributed by atoms with Gasteiger partial charge in [0.05, 0.1) is 6.61 Å². The van der Waals surface area contributed by atoms with Crippen LogP contribution in [0.15, 0.2) is 34.1 Å². The number of halogens is 1. The Morgan fingerprint density at radius 2 is 1.73 bits per heavy atom. The van der Waals surface area contributed by atoms with Gasteiger partial charge in [-0.2, -0.15) is 0 Å². The van der Waals surface area contributed by atoms with Crippen molar-refractivity contribution in [2.24, 2.45) is 0 Å². The van der Waals surface area contributed by atoms with Crippen LogP contribution in [-0.2, 0) is 19.1 Å². The molecule has 1 atom stereocenters. The summed E-state index contributed by atoms with van der Waals surface area (Å²) in [5, 5.41) is 3.46. The van der Waals surface area contributed by atoms with Crippen molar-refractivity contribution in [3.05, 3.63) is 39.8 Å². The van der Waals surface area contributed by atoms with E-state index in [0.29, 0.717) is 41.6 Å². The van der Waals surface area contributed by atoms with Gasteiger partial charge in [-0.1, -0.05) is 43.7 Å². The molecule has 1 aromatic carbocycles. The SMILES string of the molecule is CCCCOC(=O)N1CCN(C(=O)[C@H](CCC(=O)OC(C)(C)C)NC(=O)c2nc(-c3ccccc3)sc2Br)CC1. The predicted octanol–water partition coefficient (Wildman–Crippen LogP) is 4.87. The molecule has 2 heterocycles. The van der Waals surface area contributed by atoms with Gasteiger partial charge in [0, 0.05) is 38.2 Å². The Balaban J connectivity index is 1.69. The third-order valence-corrected chi connectivity index (χ3v) is 7.81. The summed E-state index contributed by atoms with van der Waals surface area (Å²) in [6, 6.07) is 8.51. The van der Waals surface area contributed by atoms with E-state index >= 15 is 0 Å². The van der Waals surface area contributed by atoms with Gasteiger partial charge < -0.3 is 24.6 Å². The molecule has 1 aliphatic rings. The maximum absolute atomic E-state index is 13.6. The molecule has 0 saturated carbocycles. The van der Waals surface area contributed by atoms with Crippen molar-refractivity contribution in [1.29, 1.82) is 0 Å². The first-order valence-corrected chi connectivity index (χ1v) is 15.0. The fourth-order valence-electron chi connectivity index (χ4n) is 4.01. The van der Waals surface area contributed by atoms with Crippen LogP contribution in [0, 0.1) is 0 Å². The number of unbranched alkanes of at least 4 members (excludes halogenated alkanes) is 1. The van der Waals surface area contributed by atoms with E-state index in [2.05, 4.69) is 26.2 Å². The normalized spacial score (nSPS) is 14.4. The highest BCUT2D eigenvalue weighted by Gasteiger charge is 2.32. The zero-order valence-corrected chi connectivity index (χ0v) is 25.8. The number of esters is 1. The van der Waals surface area contributed by atoms with Crippen LogP contribution in [0.1, 0.15) is 63.9 Å². The van der Waals surface area contributed by atoms with E-state index in [4.69, 9.17) is 9.47 Å². The van der Waals surface area contributed by atoms with Crippen LogP contribution in [-0.4, -0.2) is 83.1 Å². The number of carbonyl (C=O) groups is 4. The second-order valence-electron chi connectivity index (χ2n) is 10.4. The number of ether oxygens (including phenoxy) is 2. The van der Waals surface area contributed by atoms with Crippen LogP contribution in [0.25, 0.3) is 10.6 Å². The lowest BCUT2D eigenvalue weighted by atomic mass is 10.1. The van der Waals surface area contributed by atoms with Crippen molar-refractivity contribution in [3.63, 3.8) is 0 Å². The van der Waals surface area contributed by atoms with Gasteiger partial charge in [0.15, 0.2) is 5.69 Å². The van der Waals surface area contributed by atoms with Crippen molar-refractivity contribution in [2.45, 2.75) is 65.0 Å². The van der Waals surface area contributed by atoms with E-state index in [-0.39, 0.29) is 24.4 Å². The van der Waals surface area contributed by atoms with Gasteiger partial charge in [0.2, 0.25) is 5.91 Å². The largest absolute Gasteiger partial charge is 0.460 e. The summed E-state index contributed by atoms with van der Waals surface area (Å²) in [6.45, 7) is 8.92. The van der Waals surface area contributed by atoms with Crippen LogP contribution in [0.3, 0.4) is 0 Å². The molecule has 1 aromatic heterocycles. The Morgan fingerprint density at radius 3 is 2.35 bits per heavy atom. The molecule has 3 amide bonds. The minimum atomic E-state index is -0.975. The van der Waals surface area contributed by atoms with E-state index in [9.17, 15) is 19.2 Å². The number of hydrogen-bond acceptors (Lipinski definition) is 8. The van der Waals surface area contributed by atoms with E-state index in [0.717, 1.165) is 18.4 Å². The lowest BCUT2D eigenvalue weighted by Crippen LogP contribution is -2.56. The summed E-state index contributed by atoms with van der Waals surface area (Å²) in [5.74, 6) is -1.31. The maximum atomic E-state index is 13.6. The molecular weight excluding hydrogens is 600 g/mol. The molecule has 0 spiro atoms. The first-order chi connectivity index (χ1) is 19.0. The summed E-state index contributed by atoms with van der Waals surface area (Å²) < 4.78 is 11.2. The monoisotopic (exact) mass is 636 g/mol. The molecule has 1 N–H and O–H groups in total. The molecule has 1 fully saturated rings. The molecule has 1 saturated heterocycles. The van der Waals surface area contributed by atoms with E-state index in [1.165, 1.54) is 11.3 Å². The van der Waals surface area contributed by atoms with Crippen molar-refractivity contribution < 1.29 is 28.7 Å². The molecule has 1 aliphatic heterocycles. The van der Waals surface area contributed by atoms with Crippen LogP contribution < -0.4 is 5.32 Å². The van der Waals surface area contributed by atoms with E-state index in [1.807, 2.05) is 37.3 Å². The smallest absolute Gasteiger partial charge is 0.409 e.